The van der Waals surface area contributed by atoms with Crippen LogP contribution in [0.3, 0.4) is 0 Å². The molecule has 0 radical (unpaired) electrons. The van der Waals surface area contributed by atoms with E-state index in [-0.39, 0.29) is 23.9 Å². The monoisotopic (exact) mass is 783 g/mol. The number of fused-ring (bicyclic) bond motifs is 1. The molecule has 0 fully saturated rings. The van der Waals surface area contributed by atoms with Crippen molar-refractivity contribution in [1.29, 1.82) is 0 Å². The van der Waals surface area contributed by atoms with Crippen LogP contribution in [0.1, 0.15) is 71.3 Å². The highest BCUT2D eigenvalue weighted by Crippen LogP contribution is 2.32. The number of carboxylic acids is 1. The fourth-order valence-corrected chi connectivity index (χ4v) is 6.83. The van der Waals surface area contributed by atoms with Crippen LogP contribution in [-0.2, 0) is 25.6 Å². The van der Waals surface area contributed by atoms with Gasteiger partial charge >= 0.3 is 5.97 Å². The van der Waals surface area contributed by atoms with Gasteiger partial charge in [0.2, 0.25) is 23.5 Å². The predicted octanol–water partition coefficient (Wildman–Crippen LogP) is 3.63. The second-order valence-corrected chi connectivity index (χ2v) is 14.7. The Morgan fingerprint density at radius 3 is 2.29 bits per heavy atom. The maximum Gasteiger partial charge on any atom is 0.305 e. The Labute approximate surface area is 326 Å². The molecule has 294 valence electrons. The number of H-pyrrole nitrogens is 2. The number of aryl methyl sites for hydroxylation is 2. The SMILES string of the molecule is CC[C@H](C)[C@H](N)C(=O)N[C@H](CC(=O)O)C(=O)N[C@@H](Cc1c[nH]c2ccccc12)C(=O)N[C@@H](C)C(=O)c1cc(-c2sc(NC(=O)c3ccc(C)cc3)nc2C)[nH]n1. The number of nitrogens with one attached hydrogen (secondary N) is 6. The number of carboxylic acid groups (broad SMARTS) is 1. The Kier molecular flexibility index (Phi) is 13.1. The molecule has 0 aliphatic rings. The molecule has 3 aromatic heterocycles. The Balaban J connectivity index is 1.31. The lowest BCUT2D eigenvalue weighted by Crippen LogP contribution is -2.58. The van der Waals surface area contributed by atoms with Gasteiger partial charge in [0.15, 0.2) is 5.13 Å². The number of aliphatic carboxylic acids is 1. The highest BCUT2D eigenvalue weighted by Gasteiger charge is 2.32. The number of anilines is 1. The third-order valence-electron chi connectivity index (χ3n) is 9.46. The van der Waals surface area contributed by atoms with Gasteiger partial charge in [-0.05, 0) is 56.5 Å². The van der Waals surface area contributed by atoms with Crippen molar-refractivity contribution in [3.63, 3.8) is 0 Å². The fraction of sp³-hybridized carbons (Fsp3) is 0.333. The molecule has 0 saturated carbocycles. The van der Waals surface area contributed by atoms with E-state index >= 15 is 0 Å². The van der Waals surface area contributed by atoms with Gasteiger partial charge in [0.1, 0.15) is 17.8 Å². The third kappa shape index (κ3) is 9.91. The molecule has 0 bridgehead atoms. The molecule has 0 aliphatic carbocycles. The zero-order chi connectivity index (χ0) is 40.7. The van der Waals surface area contributed by atoms with E-state index in [0.717, 1.165) is 16.5 Å². The van der Waals surface area contributed by atoms with E-state index in [0.29, 0.717) is 38.9 Å². The minimum atomic E-state index is -1.54. The van der Waals surface area contributed by atoms with Gasteiger partial charge in [-0.1, -0.05) is 67.5 Å². The lowest BCUT2D eigenvalue weighted by atomic mass is 9.98. The summed E-state index contributed by atoms with van der Waals surface area (Å²) in [6, 6.07) is 11.0. The molecule has 2 aromatic carbocycles. The van der Waals surface area contributed by atoms with E-state index in [1.165, 1.54) is 24.3 Å². The molecule has 4 amide bonds. The Bertz CT molecular complexity index is 2240. The highest BCUT2D eigenvalue weighted by atomic mass is 32.1. The smallest absolute Gasteiger partial charge is 0.305 e. The number of carbonyl (C=O) groups excluding carboxylic acids is 5. The number of para-hydroxylation sites is 1. The molecule has 0 aliphatic heterocycles. The van der Waals surface area contributed by atoms with E-state index in [1.54, 1.807) is 32.2 Å². The van der Waals surface area contributed by atoms with E-state index in [4.69, 9.17) is 5.73 Å². The van der Waals surface area contributed by atoms with Crippen molar-refractivity contribution in [2.24, 2.45) is 11.7 Å². The van der Waals surface area contributed by atoms with Crippen LogP contribution >= 0.6 is 11.3 Å². The van der Waals surface area contributed by atoms with Crippen LogP contribution in [0.25, 0.3) is 21.5 Å². The molecule has 5 atom stereocenters. The summed E-state index contributed by atoms with van der Waals surface area (Å²) in [6.07, 6.45) is 1.47. The minimum absolute atomic E-state index is 0.0185. The Morgan fingerprint density at radius 2 is 1.59 bits per heavy atom. The standard InChI is InChI=1S/C39H45N9O7S/c1-6-20(3)32(40)38(55)45-30(17-31(49)50)37(54)44-29(15-24-18-41-26-10-8-7-9-25(24)26)36(53)42-21(4)33(51)27-16-28(48-47-27)34-22(5)43-39(56-34)46-35(52)23-13-11-19(2)12-14-23/h7-14,16,18,20-21,29-30,32,41H,6,15,17,40H2,1-5H3,(H,42,53)(H,44,54)(H,45,55)(H,47,48)(H,49,50)(H,43,46,52)/t20-,21-,29-,30+,32-/m0/s1. The number of hydrogen-bond donors (Lipinski definition) is 8. The van der Waals surface area contributed by atoms with Crippen LogP contribution in [0.5, 0.6) is 0 Å². The van der Waals surface area contributed by atoms with Crippen LogP contribution in [0, 0.1) is 19.8 Å². The van der Waals surface area contributed by atoms with Crippen molar-refractivity contribution in [2.45, 2.75) is 78.0 Å². The van der Waals surface area contributed by atoms with Crippen molar-refractivity contribution in [2.75, 3.05) is 5.32 Å². The maximum absolute atomic E-state index is 13.9. The van der Waals surface area contributed by atoms with Crippen LogP contribution in [0.2, 0.25) is 0 Å². The van der Waals surface area contributed by atoms with Gasteiger partial charge in [0.05, 0.1) is 34.8 Å². The lowest BCUT2D eigenvalue weighted by molar-refractivity contribution is -0.141. The zero-order valence-corrected chi connectivity index (χ0v) is 32.4. The summed E-state index contributed by atoms with van der Waals surface area (Å²) in [5.74, 6) is -4.80. The summed E-state index contributed by atoms with van der Waals surface area (Å²) in [4.78, 5) is 86.7. The minimum Gasteiger partial charge on any atom is -0.481 e. The molecule has 16 nitrogen and oxygen atoms in total. The van der Waals surface area contributed by atoms with Gasteiger partial charge < -0.3 is 31.8 Å². The summed E-state index contributed by atoms with van der Waals surface area (Å²) in [5, 5.41) is 28.2. The number of Topliss-reactive ketones (excluding diaryl/α,β-unsaturated/α-hetero) is 1. The molecular formula is C39H45N9O7S. The van der Waals surface area contributed by atoms with Gasteiger partial charge in [0, 0.05) is 29.1 Å². The van der Waals surface area contributed by atoms with E-state index in [2.05, 4.69) is 41.4 Å². The van der Waals surface area contributed by atoms with Crippen molar-refractivity contribution in [3.05, 3.63) is 88.9 Å². The van der Waals surface area contributed by atoms with Crippen LogP contribution in [0.4, 0.5) is 5.13 Å². The number of hydrogen-bond acceptors (Lipinski definition) is 10. The van der Waals surface area contributed by atoms with Gasteiger partial charge in [-0.3, -0.25) is 39.2 Å². The molecule has 0 saturated heterocycles. The number of thiazole rings is 1. The van der Waals surface area contributed by atoms with Crippen molar-refractivity contribution < 1.29 is 33.9 Å². The van der Waals surface area contributed by atoms with Crippen molar-refractivity contribution >= 4 is 62.8 Å². The first kappa shape index (κ1) is 41.0. The lowest BCUT2D eigenvalue weighted by Gasteiger charge is -2.25. The van der Waals surface area contributed by atoms with Crippen LogP contribution in [0.15, 0.2) is 60.8 Å². The second-order valence-electron chi connectivity index (χ2n) is 13.7. The van der Waals surface area contributed by atoms with Gasteiger partial charge in [-0.25, -0.2) is 4.98 Å². The van der Waals surface area contributed by atoms with Crippen LogP contribution in [-0.4, -0.2) is 84.8 Å². The highest BCUT2D eigenvalue weighted by molar-refractivity contribution is 7.19. The number of nitrogens with zero attached hydrogens (tertiary/aromatic N) is 2. The number of amides is 4. The summed E-state index contributed by atoms with van der Waals surface area (Å²) < 4.78 is 0. The number of nitrogens with two attached hydrogens (primary N) is 1. The molecule has 5 aromatic rings. The van der Waals surface area contributed by atoms with Crippen molar-refractivity contribution in [1.82, 2.24) is 36.1 Å². The average Bonchev–Trinajstić information content (AvgIpc) is 3.91. The van der Waals surface area contributed by atoms with Gasteiger partial charge in [-0.15, -0.1) is 0 Å². The first-order valence-corrected chi connectivity index (χ1v) is 18.9. The number of carbonyl (C=O) groups is 6. The Hall–Kier alpha value is -6.20. The molecule has 5 rings (SSSR count). The number of ketones is 1. The zero-order valence-electron chi connectivity index (χ0n) is 31.6. The number of rotatable bonds is 17. The van der Waals surface area contributed by atoms with Gasteiger partial charge in [0.25, 0.3) is 5.91 Å². The van der Waals surface area contributed by atoms with E-state index in [1.807, 2.05) is 50.2 Å². The number of aromatic nitrogens is 4. The maximum atomic E-state index is 13.9. The largest absolute Gasteiger partial charge is 0.481 e. The average molecular weight is 784 g/mol. The quantitative estimate of drug-likeness (QED) is 0.0636. The topological polar surface area (TPSA) is 254 Å². The molecular weight excluding hydrogens is 739 g/mol. The predicted molar refractivity (Wildman–Crippen MR) is 211 cm³/mol. The summed E-state index contributed by atoms with van der Waals surface area (Å²) in [7, 11) is 0. The normalized spacial score (nSPS) is 13.9. The molecule has 9 N–H and O–H groups in total. The van der Waals surface area contributed by atoms with E-state index < -0.39 is 60.1 Å². The summed E-state index contributed by atoms with van der Waals surface area (Å²) in [5.41, 5.74) is 10.1. The molecule has 0 unspecified atom stereocenters. The molecule has 17 heteroatoms. The fourth-order valence-electron chi connectivity index (χ4n) is 5.91. The van der Waals surface area contributed by atoms with E-state index in [9.17, 15) is 33.9 Å². The number of benzene rings is 2. The summed E-state index contributed by atoms with van der Waals surface area (Å²) in [6.45, 7) is 8.76. The van der Waals surface area contributed by atoms with Crippen LogP contribution < -0.4 is 27.0 Å². The number of aromatic amines is 2. The molecule has 3 heterocycles. The Morgan fingerprint density at radius 1 is 0.911 bits per heavy atom. The van der Waals surface area contributed by atoms with Gasteiger partial charge in [-0.2, -0.15) is 5.10 Å². The summed E-state index contributed by atoms with van der Waals surface area (Å²) >= 11 is 1.20. The first-order chi connectivity index (χ1) is 26.6. The second kappa shape index (κ2) is 18.0. The first-order valence-electron chi connectivity index (χ1n) is 18.0. The van der Waals surface area contributed by atoms with Crippen molar-refractivity contribution in [3.8, 4) is 10.6 Å². The third-order valence-corrected chi connectivity index (χ3v) is 10.6. The molecule has 56 heavy (non-hydrogen) atoms. The molecule has 0 spiro atoms.